The van der Waals surface area contributed by atoms with E-state index in [1.807, 2.05) is 7.05 Å². The topological polar surface area (TPSA) is 40.5 Å². The molecule has 3 nitrogen and oxygen atoms in total. The van der Waals surface area contributed by atoms with Crippen molar-refractivity contribution in [2.45, 2.75) is 19.4 Å². The van der Waals surface area contributed by atoms with Gasteiger partial charge in [-0.2, -0.15) is 0 Å². The highest BCUT2D eigenvalue weighted by atomic mass is 16.3. The number of Topliss-reactive ketones (excluding diaryl/α,β-unsaturated/α-hetero) is 1. The fraction of sp³-hybridized carbons (Fsp3) is 0.875. The maximum absolute atomic E-state index is 11.0. The fourth-order valence-electron chi connectivity index (χ4n) is 1.50. The molecule has 1 aliphatic rings. The average molecular weight is 157 g/mol. The quantitative estimate of drug-likeness (QED) is 0.577. The van der Waals surface area contributed by atoms with Crippen LogP contribution in [0.2, 0.25) is 0 Å². The number of hydrogen-bond donors (Lipinski definition) is 1. The predicted octanol–water partition coefficient (Wildman–Crippen LogP) is -0.112. The number of ketones is 1. The second-order valence-electron chi connectivity index (χ2n) is 3.34. The summed E-state index contributed by atoms with van der Waals surface area (Å²) in [5, 5.41) is 9.41. The van der Waals surface area contributed by atoms with Crippen molar-refractivity contribution >= 4 is 5.78 Å². The molecule has 0 aromatic carbocycles. The van der Waals surface area contributed by atoms with Gasteiger partial charge in [0, 0.05) is 13.1 Å². The van der Waals surface area contributed by atoms with Crippen LogP contribution in [0.5, 0.6) is 0 Å². The molecule has 3 heteroatoms. The number of carbonyl (C=O) groups is 1. The van der Waals surface area contributed by atoms with Crippen molar-refractivity contribution in [3.05, 3.63) is 0 Å². The summed E-state index contributed by atoms with van der Waals surface area (Å²) in [6.45, 7) is 3.15. The molecule has 0 aromatic rings. The number of carbonyl (C=O) groups excluding carboxylic acids is 1. The summed E-state index contributed by atoms with van der Waals surface area (Å²) in [6.07, 6.45) is 0.310. The Bertz CT molecular complexity index is 158. The summed E-state index contributed by atoms with van der Waals surface area (Å²) >= 11 is 0. The van der Waals surface area contributed by atoms with Crippen LogP contribution in [0, 0.1) is 5.92 Å². The van der Waals surface area contributed by atoms with Gasteiger partial charge in [-0.1, -0.05) is 0 Å². The molecule has 0 aliphatic carbocycles. The van der Waals surface area contributed by atoms with Gasteiger partial charge < -0.3 is 10.0 Å². The molecule has 11 heavy (non-hydrogen) atoms. The molecule has 1 fully saturated rings. The second kappa shape index (κ2) is 3.32. The molecule has 0 bridgehead atoms. The molecule has 0 saturated carbocycles. The molecule has 1 rings (SSSR count). The third-order valence-electron chi connectivity index (χ3n) is 2.30. The van der Waals surface area contributed by atoms with Crippen LogP contribution in [0.4, 0.5) is 0 Å². The van der Waals surface area contributed by atoms with Gasteiger partial charge in [0.2, 0.25) is 0 Å². The third kappa shape index (κ3) is 2.01. The van der Waals surface area contributed by atoms with Crippen molar-refractivity contribution in [2.24, 2.45) is 5.92 Å². The Morgan fingerprint density at radius 2 is 2.27 bits per heavy atom. The van der Waals surface area contributed by atoms with Gasteiger partial charge in [0.1, 0.15) is 5.78 Å². The lowest BCUT2D eigenvalue weighted by atomic mass is 9.92. The van der Waals surface area contributed by atoms with Crippen LogP contribution in [0.15, 0.2) is 0 Å². The smallest absolute Gasteiger partial charge is 0.136 e. The summed E-state index contributed by atoms with van der Waals surface area (Å²) in [5.41, 5.74) is 0. The molecular formula is C8H15NO2. The van der Waals surface area contributed by atoms with Gasteiger partial charge >= 0.3 is 0 Å². The zero-order valence-electron chi connectivity index (χ0n) is 7.08. The lowest BCUT2D eigenvalue weighted by Crippen LogP contribution is -2.44. The van der Waals surface area contributed by atoms with Gasteiger partial charge in [0.15, 0.2) is 0 Å². The number of nitrogens with zero attached hydrogens (tertiary/aromatic N) is 1. The molecule has 0 unspecified atom stereocenters. The minimum atomic E-state index is -0.413. The molecule has 1 heterocycles. The molecule has 64 valence electrons. The van der Waals surface area contributed by atoms with E-state index in [4.69, 9.17) is 0 Å². The van der Waals surface area contributed by atoms with Crippen molar-refractivity contribution in [1.29, 1.82) is 0 Å². The van der Waals surface area contributed by atoms with Crippen LogP contribution in [-0.2, 0) is 4.79 Å². The Labute approximate surface area is 67.0 Å². The Kier molecular flexibility index (Phi) is 2.62. The van der Waals surface area contributed by atoms with E-state index in [0.717, 1.165) is 13.0 Å². The maximum Gasteiger partial charge on any atom is 0.136 e. The Hall–Kier alpha value is -0.410. The van der Waals surface area contributed by atoms with Crippen LogP contribution < -0.4 is 0 Å². The summed E-state index contributed by atoms with van der Waals surface area (Å²) in [4.78, 5) is 13.1. The van der Waals surface area contributed by atoms with Crippen molar-refractivity contribution in [3.63, 3.8) is 0 Å². The largest absolute Gasteiger partial charge is 0.392 e. The Morgan fingerprint density at radius 1 is 1.64 bits per heavy atom. The van der Waals surface area contributed by atoms with E-state index in [0.29, 0.717) is 6.54 Å². The van der Waals surface area contributed by atoms with E-state index in [1.165, 1.54) is 0 Å². The second-order valence-corrected chi connectivity index (χ2v) is 3.34. The predicted molar refractivity (Wildman–Crippen MR) is 42.3 cm³/mol. The summed E-state index contributed by atoms with van der Waals surface area (Å²) in [5.74, 6) is -0.0576. The van der Waals surface area contributed by atoms with Crippen molar-refractivity contribution in [1.82, 2.24) is 4.90 Å². The van der Waals surface area contributed by atoms with Crippen LogP contribution in [-0.4, -0.2) is 42.0 Å². The molecular weight excluding hydrogens is 142 g/mol. The Morgan fingerprint density at radius 3 is 2.73 bits per heavy atom. The maximum atomic E-state index is 11.0. The highest BCUT2D eigenvalue weighted by Crippen LogP contribution is 2.16. The van der Waals surface area contributed by atoms with Crippen LogP contribution in [0.3, 0.4) is 0 Å². The number of likely N-dealkylation sites (tertiary alicyclic amines) is 1. The van der Waals surface area contributed by atoms with Gasteiger partial charge in [-0.15, -0.1) is 0 Å². The standard InChI is InChI=1S/C8H15NO2/c1-6(10)7-5-9(2)4-3-8(7)11/h7-8,11H,3-5H2,1-2H3/t7-,8+/m0/s1. The minimum Gasteiger partial charge on any atom is -0.392 e. The summed E-state index contributed by atoms with van der Waals surface area (Å²) in [6, 6.07) is 0. The molecule has 0 aromatic heterocycles. The molecule has 0 spiro atoms. The van der Waals surface area contributed by atoms with Crippen molar-refractivity contribution in [2.75, 3.05) is 20.1 Å². The lowest BCUT2D eigenvalue weighted by Gasteiger charge is -2.32. The van der Waals surface area contributed by atoms with Crippen LogP contribution >= 0.6 is 0 Å². The zero-order chi connectivity index (χ0) is 8.43. The molecule has 1 N–H and O–H groups in total. The molecule has 1 aliphatic heterocycles. The molecule has 0 amide bonds. The molecule has 2 atom stereocenters. The first-order chi connectivity index (χ1) is 5.11. The number of aliphatic hydroxyl groups is 1. The first-order valence-electron chi connectivity index (χ1n) is 3.98. The number of hydrogen-bond acceptors (Lipinski definition) is 3. The van der Waals surface area contributed by atoms with E-state index in [-0.39, 0.29) is 11.7 Å². The van der Waals surface area contributed by atoms with Crippen molar-refractivity contribution < 1.29 is 9.90 Å². The summed E-state index contributed by atoms with van der Waals surface area (Å²) < 4.78 is 0. The van der Waals surface area contributed by atoms with Crippen LogP contribution in [0.1, 0.15) is 13.3 Å². The Balaban J connectivity index is 2.54. The van der Waals surface area contributed by atoms with Gasteiger partial charge in [-0.3, -0.25) is 4.79 Å². The van der Waals surface area contributed by atoms with Crippen molar-refractivity contribution in [3.8, 4) is 0 Å². The highest BCUT2D eigenvalue weighted by Gasteiger charge is 2.28. The lowest BCUT2D eigenvalue weighted by molar-refractivity contribution is -0.126. The summed E-state index contributed by atoms with van der Waals surface area (Å²) in [7, 11) is 1.97. The van der Waals surface area contributed by atoms with E-state index in [1.54, 1.807) is 6.92 Å². The number of rotatable bonds is 1. The monoisotopic (exact) mass is 157 g/mol. The average Bonchev–Trinajstić information content (AvgIpc) is 1.94. The normalized spacial score (nSPS) is 33.7. The first-order valence-corrected chi connectivity index (χ1v) is 3.98. The first kappa shape index (κ1) is 8.68. The highest BCUT2D eigenvalue weighted by molar-refractivity contribution is 5.79. The third-order valence-corrected chi connectivity index (χ3v) is 2.30. The number of piperidine rings is 1. The molecule has 0 radical (unpaired) electrons. The van der Waals surface area contributed by atoms with Gasteiger partial charge in [0.25, 0.3) is 0 Å². The van der Waals surface area contributed by atoms with E-state index < -0.39 is 6.10 Å². The van der Waals surface area contributed by atoms with E-state index >= 15 is 0 Å². The minimum absolute atomic E-state index is 0.101. The van der Waals surface area contributed by atoms with Gasteiger partial charge in [0.05, 0.1) is 12.0 Å². The number of aliphatic hydroxyl groups excluding tert-OH is 1. The van der Waals surface area contributed by atoms with E-state index in [2.05, 4.69) is 4.90 Å². The van der Waals surface area contributed by atoms with E-state index in [9.17, 15) is 9.90 Å². The fourth-order valence-corrected chi connectivity index (χ4v) is 1.50. The van der Waals surface area contributed by atoms with Crippen LogP contribution in [0.25, 0.3) is 0 Å². The zero-order valence-corrected chi connectivity index (χ0v) is 7.08. The van der Waals surface area contributed by atoms with Gasteiger partial charge in [-0.05, 0) is 20.4 Å². The molecule has 1 saturated heterocycles. The SMILES string of the molecule is CC(=O)[C@@H]1CN(C)CC[C@H]1O. The van der Waals surface area contributed by atoms with Gasteiger partial charge in [-0.25, -0.2) is 0 Å².